The second-order valence-electron chi connectivity index (χ2n) is 4.38. The SMILES string of the molecule is CCCc1cc(NC(C)=O)cc(N)c1CCC. The minimum Gasteiger partial charge on any atom is -0.398 e. The summed E-state index contributed by atoms with van der Waals surface area (Å²) in [4.78, 5) is 11.1. The van der Waals surface area contributed by atoms with Crippen LogP contribution in [0.1, 0.15) is 44.7 Å². The first-order chi connectivity index (χ1) is 8.08. The van der Waals surface area contributed by atoms with E-state index in [1.807, 2.05) is 12.1 Å². The number of benzene rings is 1. The quantitative estimate of drug-likeness (QED) is 0.769. The normalized spacial score (nSPS) is 10.3. The molecule has 0 unspecified atom stereocenters. The number of rotatable bonds is 5. The van der Waals surface area contributed by atoms with Crippen LogP contribution in [0.15, 0.2) is 12.1 Å². The van der Waals surface area contributed by atoms with Crippen molar-refractivity contribution in [3.63, 3.8) is 0 Å². The monoisotopic (exact) mass is 234 g/mol. The molecule has 0 aliphatic heterocycles. The van der Waals surface area contributed by atoms with Crippen LogP contribution < -0.4 is 11.1 Å². The summed E-state index contributed by atoms with van der Waals surface area (Å²) in [5, 5.41) is 2.79. The van der Waals surface area contributed by atoms with Crippen LogP contribution in [0, 0.1) is 0 Å². The van der Waals surface area contributed by atoms with Gasteiger partial charge in [0.1, 0.15) is 0 Å². The molecule has 3 nitrogen and oxygen atoms in total. The number of amides is 1. The Morgan fingerprint density at radius 1 is 1.24 bits per heavy atom. The Bertz CT molecular complexity index is 399. The van der Waals surface area contributed by atoms with E-state index in [0.29, 0.717) is 0 Å². The highest BCUT2D eigenvalue weighted by molar-refractivity contribution is 5.89. The van der Waals surface area contributed by atoms with Crippen LogP contribution in [-0.2, 0) is 17.6 Å². The van der Waals surface area contributed by atoms with Gasteiger partial charge >= 0.3 is 0 Å². The Morgan fingerprint density at radius 2 is 1.88 bits per heavy atom. The van der Waals surface area contributed by atoms with E-state index >= 15 is 0 Å². The lowest BCUT2D eigenvalue weighted by Crippen LogP contribution is -2.08. The Labute approximate surface area is 103 Å². The van der Waals surface area contributed by atoms with E-state index in [-0.39, 0.29) is 5.91 Å². The zero-order valence-electron chi connectivity index (χ0n) is 11.0. The van der Waals surface area contributed by atoms with Crippen molar-refractivity contribution in [3.8, 4) is 0 Å². The summed E-state index contributed by atoms with van der Waals surface area (Å²) in [6, 6.07) is 3.90. The molecule has 0 saturated heterocycles. The van der Waals surface area contributed by atoms with E-state index in [0.717, 1.165) is 37.1 Å². The number of nitrogens with one attached hydrogen (secondary N) is 1. The minimum absolute atomic E-state index is 0.0601. The standard InChI is InChI=1S/C14H22N2O/c1-4-6-11-8-12(16-10(3)17)9-14(15)13(11)7-5-2/h8-9H,4-7,15H2,1-3H3,(H,16,17). The van der Waals surface area contributed by atoms with Gasteiger partial charge in [-0.25, -0.2) is 0 Å². The molecule has 1 aromatic rings. The van der Waals surface area contributed by atoms with Gasteiger partial charge in [-0.2, -0.15) is 0 Å². The first-order valence-electron chi connectivity index (χ1n) is 6.27. The van der Waals surface area contributed by atoms with Crippen LogP contribution in [0.4, 0.5) is 11.4 Å². The summed E-state index contributed by atoms with van der Waals surface area (Å²) in [7, 11) is 0. The number of nitrogens with two attached hydrogens (primary N) is 1. The lowest BCUT2D eigenvalue weighted by molar-refractivity contribution is -0.114. The van der Waals surface area contributed by atoms with E-state index in [1.54, 1.807) is 0 Å². The van der Waals surface area contributed by atoms with Crippen molar-refractivity contribution in [2.45, 2.75) is 46.5 Å². The fourth-order valence-corrected chi connectivity index (χ4v) is 2.08. The van der Waals surface area contributed by atoms with Crippen LogP contribution in [0.25, 0.3) is 0 Å². The fourth-order valence-electron chi connectivity index (χ4n) is 2.08. The van der Waals surface area contributed by atoms with Crippen LogP contribution in [0.5, 0.6) is 0 Å². The van der Waals surface area contributed by atoms with Crippen LogP contribution >= 0.6 is 0 Å². The maximum atomic E-state index is 11.1. The number of hydrogen-bond donors (Lipinski definition) is 2. The van der Waals surface area contributed by atoms with Gasteiger partial charge in [-0.1, -0.05) is 26.7 Å². The van der Waals surface area contributed by atoms with E-state index in [4.69, 9.17) is 5.73 Å². The maximum absolute atomic E-state index is 11.1. The molecule has 0 fully saturated rings. The van der Waals surface area contributed by atoms with Gasteiger partial charge in [-0.05, 0) is 36.1 Å². The molecule has 0 atom stereocenters. The van der Waals surface area contributed by atoms with Crippen molar-refractivity contribution < 1.29 is 4.79 Å². The number of hydrogen-bond acceptors (Lipinski definition) is 2. The largest absolute Gasteiger partial charge is 0.398 e. The molecule has 0 saturated carbocycles. The van der Waals surface area contributed by atoms with Gasteiger partial charge < -0.3 is 11.1 Å². The Balaban J connectivity index is 3.10. The van der Waals surface area contributed by atoms with Crippen LogP contribution in [0.3, 0.4) is 0 Å². The third-order valence-electron chi connectivity index (χ3n) is 2.72. The Hall–Kier alpha value is -1.51. The summed E-state index contributed by atoms with van der Waals surface area (Å²) >= 11 is 0. The summed E-state index contributed by atoms with van der Waals surface area (Å²) in [6.07, 6.45) is 4.18. The van der Waals surface area contributed by atoms with Gasteiger partial charge in [0.15, 0.2) is 0 Å². The summed E-state index contributed by atoms with van der Waals surface area (Å²) in [6.45, 7) is 5.81. The van der Waals surface area contributed by atoms with Crippen molar-refractivity contribution in [1.82, 2.24) is 0 Å². The number of carbonyl (C=O) groups is 1. The van der Waals surface area contributed by atoms with Crippen LogP contribution in [-0.4, -0.2) is 5.91 Å². The lowest BCUT2D eigenvalue weighted by atomic mass is 9.97. The van der Waals surface area contributed by atoms with Crippen molar-refractivity contribution in [3.05, 3.63) is 23.3 Å². The summed E-state index contributed by atoms with van der Waals surface area (Å²) in [5.41, 5.74) is 10.2. The molecular formula is C14H22N2O. The molecule has 1 rings (SSSR count). The zero-order chi connectivity index (χ0) is 12.8. The number of carbonyl (C=O) groups excluding carboxylic acids is 1. The topological polar surface area (TPSA) is 55.1 Å². The lowest BCUT2D eigenvalue weighted by Gasteiger charge is -2.14. The predicted octanol–water partition coefficient (Wildman–Crippen LogP) is 3.13. The molecule has 0 bridgehead atoms. The van der Waals surface area contributed by atoms with E-state index in [2.05, 4.69) is 19.2 Å². The molecule has 0 aliphatic rings. The maximum Gasteiger partial charge on any atom is 0.221 e. The smallest absolute Gasteiger partial charge is 0.221 e. The molecule has 0 spiro atoms. The van der Waals surface area contributed by atoms with E-state index in [1.165, 1.54) is 18.1 Å². The van der Waals surface area contributed by atoms with Gasteiger partial charge in [0, 0.05) is 18.3 Å². The first-order valence-corrected chi connectivity index (χ1v) is 6.27. The van der Waals surface area contributed by atoms with Gasteiger partial charge in [0.2, 0.25) is 5.91 Å². The zero-order valence-corrected chi connectivity index (χ0v) is 11.0. The predicted molar refractivity (Wildman–Crippen MR) is 73.1 cm³/mol. The van der Waals surface area contributed by atoms with Gasteiger partial charge in [0.25, 0.3) is 0 Å². The fraction of sp³-hybridized carbons (Fsp3) is 0.500. The molecular weight excluding hydrogens is 212 g/mol. The molecule has 1 aromatic carbocycles. The van der Waals surface area contributed by atoms with Gasteiger partial charge in [0.05, 0.1) is 0 Å². The second-order valence-corrected chi connectivity index (χ2v) is 4.38. The third kappa shape index (κ3) is 3.77. The van der Waals surface area contributed by atoms with Gasteiger partial charge in [-0.15, -0.1) is 0 Å². The molecule has 17 heavy (non-hydrogen) atoms. The molecule has 0 heterocycles. The Morgan fingerprint density at radius 3 is 2.41 bits per heavy atom. The van der Waals surface area contributed by atoms with Crippen molar-refractivity contribution in [1.29, 1.82) is 0 Å². The Kier molecular flexibility index (Phi) is 5.01. The minimum atomic E-state index is -0.0601. The first kappa shape index (κ1) is 13.6. The van der Waals surface area contributed by atoms with Crippen LogP contribution in [0.2, 0.25) is 0 Å². The number of anilines is 2. The molecule has 0 aliphatic carbocycles. The number of nitrogen functional groups attached to an aromatic ring is 1. The highest BCUT2D eigenvalue weighted by Crippen LogP contribution is 2.25. The molecule has 0 aromatic heterocycles. The molecule has 1 amide bonds. The molecule has 94 valence electrons. The molecule has 3 N–H and O–H groups in total. The molecule has 3 heteroatoms. The van der Waals surface area contributed by atoms with E-state index < -0.39 is 0 Å². The van der Waals surface area contributed by atoms with Crippen molar-refractivity contribution in [2.75, 3.05) is 11.1 Å². The average Bonchev–Trinajstić information content (AvgIpc) is 2.22. The number of aryl methyl sites for hydroxylation is 1. The van der Waals surface area contributed by atoms with Crippen molar-refractivity contribution in [2.24, 2.45) is 0 Å². The summed E-state index contributed by atoms with van der Waals surface area (Å²) < 4.78 is 0. The molecule has 0 radical (unpaired) electrons. The van der Waals surface area contributed by atoms with Crippen molar-refractivity contribution >= 4 is 17.3 Å². The highest BCUT2D eigenvalue weighted by Gasteiger charge is 2.08. The third-order valence-corrected chi connectivity index (χ3v) is 2.72. The summed E-state index contributed by atoms with van der Waals surface area (Å²) in [5.74, 6) is -0.0601. The highest BCUT2D eigenvalue weighted by atomic mass is 16.1. The van der Waals surface area contributed by atoms with Gasteiger partial charge in [-0.3, -0.25) is 4.79 Å². The average molecular weight is 234 g/mol. The van der Waals surface area contributed by atoms with E-state index in [9.17, 15) is 4.79 Å². The second kappa shape index (κ2) is 6.28.